The van der Waals surface area contributed by atoms with Crippen molar-refractivity contribution in [3.8, 4) is 0 Å². The monoisotopic (exact) mass is 459 g/mol. The van der Waals surface area contributed by atoms with E-state index in [0.29, 0.717) is 19.3 Å². The van der Waals surface area contributed by atoms with Gasteiger partial charge in [0.15, 0.2) is 0 Å². The summed E-state index contributed by atoms with van der Waals surface area (Å²) in [6.07, 6.45) is 8.47. The topological polar surface area (TPSA) is 71.1 Å². The molecule has 170 valence electrons. The van der Waals surface area contributed by atoms with Crippen LogP contribution in [0.25, 0.3) is 0 Å². The van der Waals surface area contributed by atoms with Crippen LogP contribution in [0.15, 0.2) is 84.0 Å². The van der Waals surface area contributed by atoms with Crippen LogP contribution in [-0.4, -0.2) is 28.6 Å². The summed E-state index contributed by atoms with van der Waals surface area (Å²) in [6, 6.07) is 22.0. The van der Waals surface area contributed by atoms with Crippen molar-refractivity contribution in [1.29, 1.82) is 0 Å². The number of pyridine rings is 1. The molecule has 2 heterocycles. The number of hydrogen-bond acceptors (Lipinski definition) is 4. The van der Waals surface area contributed by atoms with Gasteiger partial charge in [-0.05, 0) is 66.5 Å². The molecule has 1 fully saturated rings. The third-order valence-electron chi connectivity index (χ3n) is 6.25. The summed E-state index contributed by atoms with van der Waals surface area (Å²) in [6.45, 7) is 0. The summed E-state index contributed by atoms with van der Waals surface area (Å²) in [5.41, 5.74) is 2.81. The fourth-order valence-electron chi connectivity index (χ4n) is 4.46. The van der Waals surface area contributed by atoms with Gasteiger partial charge in [-0.15, -0.1) is 11.8 Å². The molecule has 2 atom stereocenters. The van der Waals surface area contributed by atoms with Gasteiger partial charge >= 0.3 is 0 Å². The van der Waals surface area contributed by atoms with Crippen LogP contribution in [0.1, 0.15) is 48.4 Å². The molecular weight excluding hydrogens is 430 g/mol. The summed E-state index contributed by atoms with van der Waals surface area (Å²) in [7, 11) is 0. The van der Waals surface area contributed by atoms with Crippen LogP contribution in [0.4, 0.5) is 0 Å². The maximum atomic E-state index is 13.1. The molecule has 5 nitrogen and oxygen atoms in total. The van der Waals surface area contributed by atoms with Gasteiger partial charge in [0.1, 0.15) is 0 Å². The minimum Gasteiger partial charge on any atom is -0.350 e. The molecule has 0 spiro atoms. The molecule has 1 saturated heterocycles. The van der Waals surface area contributed by atoms with Crippen molar-refractivity contribution in [3.05, 3.63) is 95.8 Å². The zero-order chi connectivity index (χ0) is 23.1. The van der Waals surface area contributed by atoms with E-state index in [9.17, 15) is 9.59 Å². The van der Waals surface area contributed by atoms with E-state index in [4.69, 9.17) is 0 Å². The van der Waals surface area contributed by atoms with Gasteiger partial charge in [0.2, 0.25) is 11.8 Å². The van der Waals surface area contributed by atoms with Crippen LogP contribution in [0, 0.1) is 0 Å². The zero-order valence-electron chi connectivity index (χ0n) is 18.8. The average molecular weight is 460 g/mol. The van der Waals surface area contributed by atoms with Gasteiger partial charge < -0.3 is 10.6 Å². The lowest BCUT2D eigenvalue weighted by Crippen LogP contribution is -2.44. The molecule has 0 bridgehead atoms. The Morgan fingerprint density at radius 1 is 1.06 bits per heavy atom. The molecule has 1 aliphatic heterocycles. The third kappa shape index (κ3) is 6.02. The van der Waals surface area contributed by atoms with Crippen molar-refractivity contribution < 1.29 is 9.59 Å². The Kier molecular flexibility index (Phi) is 7.45. The number of nitrogens with zero attached hydrogens (tertiary/aromatic N) is 1. The largest absolute Gasteiger partial charge is 0.350 e. The molecule has 0 aliphatic carbocycles. The van der Waals surface area contributed by atoms with Gasteiger partial charge in [-0.3, -0.25) is 14.6 Å². The molecular formula is C27H29N3O2S. The first kappa shape index (κ1) is 23.1. The molecule has 6 heteroatoms. The Balaban J connectivity index is 1.45. The number of carbonyl (C=O) groups is 2. The van der Waals surface area contributed by atoms with Gasteiger partial charge in [0.05, 0.1) is 6.04 Å². The Hall–Kier alpha value is -3.12. The molecule has 0 radical (unpaired) electrons. The Labute approximate surface area is 199 Å². The quantitative estimate of drug-likeness (QED) is 0.456. The van der Waals surface area contributed by atoms with Gasteiger partial charge in [0.25, 0.3) is 0 Å². The van der Waals surface area contributed by atoms with Crippen molar-refractivity contribution in [2.24, 2.45) is 0 Å². The van der Waals surface area contributed by atoms with E-state index in [2.05, 4.69) is 46.1 Å². The van der Waals surface area contributed by atoms with E-state index >= 15 is 0 Å². The highest BCUT2D eigenvalue weighted by Crippen LogP contribution is 2.30. The highest BCUT2D eigenvalue weighted by atomic mass is 32.2. The summed E-state index contributed by atoms with van der Waals surface area (Å²) >= 11 is 1.71. The van der Waals surface area contributed by atoms with Crippen LogP contribution in [0.5, 0.6) is 0 Å². The molecule has 1 aliphatic rings. The van der Waals surface area contributed by atoms with E-state index in [1.54, 1.807) is 24.2 Å². The number of rotatable bonds is 9. The first-order chi connectivity index (χ1) is 16.1. The maximum absolute atomic E-state index is 13.1. The van der Waals surface area contributed by atoms with E-state index < -0.39 is 0 Å². The fourth-order valence-corrected chi connectivity index (χ4v) is 4.87. The third-order valence-corrected chi connectivity index (χ3v) is 6.99. The van der Waals surface area contributed by atoms with Crippen LogP contribution < -0.4 is 10.6 Å². The molecule has 2 amide bonds. The normalized spacial score (nSPS) is 18.5. The number of benzene rings is 2. The smallest absolute Gasteiger partial charge is 0.220 e. The lowest BCUT2D eigenvalue weighted by atomic mass is 9.85. The van der Waals surface area contributed by atoms with Crippen LogP contribution in [0.3, 0.4) is 0 Å². The molecule has 33 heavy (non-hydrogen) atoms. The lowest BCUT2D eigenvalue weighted by Gasteiger charge is -2.30. The number of carbonyl (C=O) groups excluding carboxylic acids is 2. The SMILES string of the molecule is CSc1ccc(C[C@]2(CCC(=O)N[C@@H](c3ccccc3)c3ccncc3)CCC(=O)N2)cc1. The molecule has 2 aromatic carbocycles. The first-order valence-corrected chi connectivity index (χ1v) is 12.5. The van der Waals surface area contributed by atoms with Crippen LogP contribution in [0.2, 0.25) is 0 Å². The van der Waals surface area contributed by atoms with E-state index in [0.717, 1.165) is 24.0 Å². The van der Waals surface area contributed by atoms with E-state index in [1.165, 1.54) is 10.5 Å². The van der Waals surface area contributed by atoms with E-state index in [1.807, 2.05) is 42.5 Å². The number of hydrogen-bond donors (Lipinski definition) is 2. The van der Waals surface area contributed by atoms with Crippen molar-refractivity contribution in [2.45, 2.75) is 48.6 Å². The molecule has 0 unspecified atom stereocenters. The summed E-state index contributed by atoms with van der Waals surface area (Å²) in [5.74, 6) is 0.0361. The van der Waals surface area contributed by atoms with Crippen molar-refractivity contribution >= 4 is 23.6 Å². The van der Waals surface area contributed by atoms with Gasteiger partial charge in [-0.25, -0.2) is 0 Å². The lowest BCUT2D eigenvalue weighted by molar-refractivity contribution is -0.123. The number of aromatic nitrogens is 1. The highest BCUT2D eigenvalue weighted by molar-refractivity contribution is 7.98. The van der Waals surface area contributed by atoms with E-state index in [-0.39, 0.29) is 23.4 Å². The fraction of sp³-hybridized carbons (Fsp3) is 0.296. The molecule has 2 N–H and O–H groups in total. The Morgan fingerprint density at radius 2 is 1.76 bits per heavy atom. The zero-order valence-corrected chi connectivity index (χ0v) is 19.6. The van der Waals surface area contributed by atoms with Crippen molar-refractivity contribution in [1.82, 2.24) is 15.6 Å². The number of thioether (sulfide) groups is 1. The molecule has 0 saturated carbocycles. The number of amides is 2. The van der Waals surface area contributed by atoms with Crippen LogP contribution >= 0.6 is 11.8 Å². The minimum atomic E-state index is -0.381. The second kappa shape index (κ2) is 10.7. The minimum absolute atomic E-state index is 0.0288. The van der Waals surface area contributed by atoms with Gasteiger partial charge in [-0.2, -0.15) is 0 Å². The predicted octanol–water partition coefficient (Wildman–Crippen LogP) is 4.68. The highest BCUT2D eigenvalue weighted by Gasteiger charge is 2.38. The summed E-state index contributed by atoms with van der Waals surface area (Å²) < 4.78 is 0. The second-order valence-corrected chi connectivity index (χ2v) is 9.42. The van der Waals surface area contributed by atoms with Crippen molar-refractivity contribution in [3.63, 3.8) is 0 Å². The standard InChI is InChI=1S/C27H29N3O2S/c1-33-23-9-7-20(8-10-23)19-27(16-12-25(32)30-27)15-11-24(31)29-26(21-5-3-2-4-6-21)22-13-17-28-18-14-22/h2-10,13-14,17-18,26H,11-12,15-16,19H2,1H3,(H,29,31)(H,30,32)/t26-,27-/m0/s1. The predicted molar refractivity (Wildman–Crippen MR) is 132 cm³/mol. The average Bonchev–Trinajstić information content (AvgIpc) is 3.23. The van der Waals surface area contributed by atoms with Crippen LogP contribution in [-0.2, 0) is 16.0 Å². The van der Waals surface area contributed by atoms with Gasteiger partial charge in [-0.1, -0.05) is 42.5 Å². The van der Waals surface area contributed by atoms with Gasteiger partial charge in [0, 0.05) is 35.7 Å². The molecule has 4 rings (SSSR count). The van der Waals surface area contributed by atoms with Crippen molar-refractivity contribution in [2.75, 3.05) is 6.26 Å². The Morgan fingerprint density at radius 3 is 2.39 bits per heavy atom. The summed E-state index contributed by atoms with van der Waals surface area (Å²) in [4.78, 5) is 30.5. The number of nitrogens with one attached hydrogen (secondary N) is 2. The summed E-state index contributed by atoms with van der Waals surface area (Å²) in [5, 5.41) is 6.38. The molecule has 3 aromatic rings. The Bertz CT molecular complexity index is 1030. The maximum Gasteiger partial charge on any atom is 0.220 e. The first-order valence-electron chi connectivity index (χ1n) is 11.3. The molecule has 1 aromatic heterocycles. The second-order valence-electron chi connectivity index (χ2n) is 8.55.